The Morgan fingerprint density at radius 1 is 1.17 bits per heavy atom. The summed E-state index contributed by atoms with van der Waals surface area (Å²) in [5.41, 5.74) is 1.25. The van der Waals surface area contributed by atoms with Crippen LogP contribution in [-0.4, -0.2) is 17.1 Å². The van der Waals surface area contributed by atoms with Gasteiger partial charge in [-0.1, -0.05) is 0 Å². The molecule has 24 heavy (non-hydrogen) atoms. The molecule has 0 fully saturated rings. The lowest BCUT2D eigenvalue weighted by molar-refractivity contribution is 0.304. The van der Waals surface area contributed by atoms with Crippen LogP contribution in [0.1, 0.15) is 10.7 Å². The Labute approximate surface area is 143 Å². The molecule has 124 valence electrons. The van der Waals surface area contributed by atoms with E-state index in [0.717, 1.165) is 22.2 Å². The van der Waals surface area contributed by atoms with Crippen LogP contribution >= 0.6 is 11.3 Å². The smallest absolute Gasteiger partial charge is 0.164 e. The zero-order valence-electron chi connectivity index (χ0n) is 13.0. The van der Waals surface area contributed by atoms with Crippen molar-refractivity contribution in [3.8, 4) is 11.5 Å². The molecule has 2 aromatic heterocycles. The van der Waals surface area contributed by atoms with Crippen molar-refractivity contribution in [3.63, 3.8) is 0 Å². The van der Waals surface area contributed by atoms with Crippen molar-refractivity contribution in [1.29, 1.82) is 0 Å². The van der Waals surface area contributed by atoms with Crippen molar-refractivity contribution in [2.45, 2.75) is 13.2 Å². The molecule has 0 bridgehead atoms. The van der Waals surface area contributed by atoms with Gasteiger partial charge in [-0.3, -0.25) is 4.98 Å². The number of nitrogens with one attached hydrogen (secondary N) is 1. The van der Waals surface area contributed by atoms with Gasteiger partial charge in [0.2, 0.25) is 0 Å². The molecule has 0 spiro atoms. The van der Waals surface area contributed by atoms with E-state index in [4.69, 9.17) is 9.47 Å². The number of halogens is 1. The van der Waals surface area contributed by atoms with Crippen LogP contribution in [0.5, 0.6) is 11.5 Å². The van der Waals surface area contributed by atoms with Crippen LogP contribution in [0.2, 0.25) is 0 Å². The highest BCUT2D eigenvalue weighted by Gasteiger charge is 2.05. The van der Waals surface area contributed by atoms with Gasteiger partial charge in [-0.25, -0.2) is 9.37 Å². The second kappa shape index (κ2) is 7.74. The number of anilines is 1. The lowest BCUT2D eigenvalue weighted by Crippen LogP contribution is -2.02. The second-order valence-corrected chi connectivity index (χ2v) is 5.85. The van der Waals surface area contributed by atoms with Crippen LogP contribution in [-0.2, 0) is 13.2 Å². The number of pyridine rings is 1. The fourth-order valence-electron chi connectivity index (χ4n) is 2.02. The van der Waals surface area contributed by atoms with Crippen molar-refractivity contribution in [2.24, 2.45) is 0 Å². The summed E-state index contributed by atoms with van der Waals surface area (Å²) in [6, 6.07) is 8.98. The molecule has 3 aromatic rings. The first-order valence-electron chi connectivity index (χ1n) is 7.28. The number of aromatic nitrogens is 2. The molecule has 0 aliphatic rings. The topological polar surface area (TPSA) is 56.3 Å². The predicted octanol–water partition coefficient (Wildman–Crippen LogP) is 3.88. The Kier molecular flexibility index (Phi) is 5.22. The van der Waals surface area contributed by atoms with Crippen molar-refractivity contribution in [1.82, 2.24) is 9.97 Å². The zero-order chi connectivity index (χ0) is 16.8. The first-order valence-corrected chi connectivity index (χ1v) is 8.16. The van der Waals surface area contributed by atoms with Gasteiger partial charge >= 0.3 is 0 Å². The van der Waals surface area contributed by atoms with Crippen LogP contribution < -0.4 is 14.8 Å². The van der Waals surface area contributed by atoms with Gasteiger partial charge in [-0.2, -0.15) is 0 Å². The molecular formula is C17H16FN3O2S. The van der Waals surface area contributed by atoms with Gasteiger partial charge in [0.05, 0.1) is 31.2 Å². The maximum atomic E-state index is 13.5. The van der Waals surface area contributed by atoms with Gasteiger partial charge in [0.25, 0.3) is 0 Å². The fourth-order valence-corrected chi connectivity index (χ4v) is 2.72. The summed E-state index contributed by atoms with van der Waals surface area (Å²) in [5.74, 6) is 1.16. The van der Waals surface area contributed by atoms with Gasteiger partial charge in [0, 0.05) is 11.6 Å². The van der Waals surface area contributed by atoms with Gasteiger partial charge in [-0.05, 0) is 30.3 Å². The Hall–Kier alpha value is -2.67. The molecule has 1 N–H and O–H groups in total. The molecule has 0 atom stereocenters. The molecule has 3 rings (SSSR count). The number of nitrogens with zero attached hydrogens (tertiary/aromatic N) is 2. The number of hydrogen-bond acceptors (Lipinski definition) is 6. The van der Waals surface area contributed by atoms with Crippen LogP contribution in [0, 0.1) is 5.82 Å². The van der Waals surface area contributed by atoms with Gasteiger partial charge in [-0.15, -0.1) is 11.3 Å². The zero-order valence-corrected chi connectivity index (χ0v) is 13.8. The summed E-state index contributed by atoms with van der Waals surface area (Å²) < 4.78 is 24.3. The molecule has 0 saturated carbocycles. The lowest BCUT2D eigenvalue weighted by atomic mass is 10.3. The van der Waals surface area contributed by atoms with Crippen molar-refractivity contribution in [3.05, 3.63) is 64.6 Å². The summed E-state index contributed by atoms with van der Waals surface area (Å²) in [6.45, 7) is 0.834. The molecule has 0 radical (unpaired) electrons. The number of benzene rings is 1. The third-order valence-electron chi connectivity index (χ3n) is 3.25. The third-order valence-corrected chi connectivity index (χ3v) is 4.12. The molecule has 0 aliphatic carbocycles. The molecule has 0 aliphatic heterocycles. The highest BCUT2D eigenvalue weighted by molar-refractivity contribution is 7.09. The predicted molar refractivity (Wildman–Crippen MR) is 91.0 cm³/mol. The Bertz CT molecular complexity index is 793. The van der Waals surface area contributed by atoms with E-state index in [1.165, 1.54) is 17.5 Å². The quantitative estimate of drug-likeness (QED) is 0.704. The lowest BCUT2D eigenvalue weighted by Gasteiger charge is -2.05. The number of hydrogen-bond donors (Lipinski definition) is 1. The molecule has 0 saturated heterocycles. The van der Waals surface area contributed by atoms with Gasteiger partial charge in [0.1, 0.15) is 23.1 Å². The Balaban J connectivity index is 1.52. The van der Waals surface area contributed by atoms with Crippen molar-refractivity contribution in [2.75, 3.05) is 12.4 Å². The highest BCUT2D eigenvalue weighted by atomic mass is 32.1. The standard InChI is InChI=1S/C17H16FN3O2S/c1-22-13-2-4-14(5-3-13)23-10-17-21-12(11-24-17)8-20-16-6-7-19-9-15(16)18/h2-7,9,11H,8,10H2,1H3,(H,19,20). The molecule has 0 unspecified atom stereocenters. The van der Waals surface area contributed by atoms with Crippen LogP contribution in [0.25, 0.3) is 0 Å². The molecule has 0 amide bonds. The minimum atomic E-state index is -0.379. The van der Waals surface area contributed by atoms with Gasteiger partial charge in [0.15, 0.2) is 5.82 Å². The van der Waals surface area contributed by atoms with E-state index in [0.29, 0.717) is 18.8 Å². The summed E-state index contributed by atoms with van der Waals surface area (Å²) >= 11 is 1.51. The second-order valence-electron chi connectivity index (χ2n) is 4.91. The minimum absolute atomic E-state index is 0.379. The largest absolute Gasteiger partial charge is 0.497 e. The molecule has 1 aromatic carbocycles. The Morgan fingerprint density at radius 2 is 1.96 bits per heavy atom. The first kappa shape index (κ1) is 16.2. The number of methoxy groups -OCH3 is 1. The molecular weight excluding hydrogens is 329 g/mol. The average molecular weight is 345 g/mol. The van der Waals surface area contributed by atoms with E-state index in [1.54, 1.807) is 19.4 Å². The number of thiazole rings is 1. The molecule has 2 heterocycles. The third kappa shape index (κ3) is 4.20. The fraction of sp³-hybridized carbons (Fsp3) is 0.176. The van der Waals surface area contributed by atoms with Crippen LogP contribution in [0.4, 0.5) is 10.1 Å². The van der Waals surface area contributed by atoms with E-state index in [-0.39, 0.29) is 5.82 Å². The van der Waals surface area contributed by atoms with Crippen LogP contribution in [0.3, 0.4) is 0 Å². The maximum absolute atomic E-state index is 13.5. The normalized spacial score (nSPS) is 10.4. The Morgan fingerprint density at radius 3 is 2.71 bits per heavy atom. The maximum Gasteiger partial charge on any atom is 0.164 e. The first-order chi connectivity index (χ1) is 11.7. The van der Waals surface area contributed by atoms with E-state index < -0.39 is 0 Å². The monoisotopic (exact) mass is 345 g/mol. The van der Waals surface area contributed by atoms with E-state index >= 15 is 0 Å². The highest BCUT2D eigenvalue weighted by Crippen LogP contribution is 2.20. The summed E-state index contributed by atoms with van der Waals surface area (Å²) in [7, 11) is 1.62. The van der Waals surface area contributed by atoms with Crippen molar-refractivity contribution >= 4 is 17.0 Å². The SMILES string of the molecule is COc1ccc(OCc2nc(CNc3ccncc3F)cs2)cc1. The minimum Gasteiger partial charge on any atom is -0.497 e. The summed E-state index contributed by atoms with van der Waals surface area (Å²) in [5, 5.41) is 5.79. The number of ether oxygens (including phenoxy) is 2. The van der Waals surface area contributed by atoms with E-state index in [2.05, 4.69) is 15.3 Å². The van der Waals surface area contributed by atoms with Gasteiger partial charge < -0.3 is 14.8 Å². The van der Waals surface area contributed by atoms with E-state index in [9.17, 15) is 4.39 Å². The van der Waals surface area contributed by atoms with Crippen molar-refractivity contribution < 1.29 is 13.9 Å². The molecule has 5 nitrogen and oxygen atoms in total. The molecule has 7 heteroatoms. The van der Waals surface area contributed by atoms with Crippen LogP contribution in [0.15, 0.2) is 48.1 Å². The summed E-state index contributed by atoms with van der Waals surface area (Å²) in [6.07, 6.45) is 2.72. The van der Waals surface area contributed by atoms with E-state index in [1.807, 2.05) is 29.6 Å². The number of rotatable bonds is 7. The average Bonchev–Trinajstić information content (AvgIpc) is 3.08. The summed E-state index contributed by atoms with van der Waals surface area (Å²) in [4.78, 5) is 8.19.